The highest BCUT2D eigenvalue weighted by molar-refractivity contribution is 4.91. The van der Waals surface area contributed by atoms with Crippen LogP contribution in [0.5, 0.6) is 0 Å². The van der Waals surface area contributed by atoms with Gasteiger partial charge >= 0.3 is 0 Å². The van der Waals surface area contributed by atoms with Crippen molar-refractivity contribution in [1.29, 1.82) is 0 Å². The first-order chi connectivity index (χ1) is 5.62. The Morgan fingerprint density at radius 3 is 2.83 bits per heavy atom. The maximum absolute atomic E-state index is 8.92. The summed E-state index contributed by atoms with van der Waals surface area (Å²) < 4.78 is 16.4. The molecule has 4 nitrogen and oxygen atoms in total. The standard InChI is InChI=1S/C8H14O4/c1-8(2)11-6-4-10-5(3-9)7(6)12-8/h5-7,9H,3-4H2,1-2H3/t5?,6-,7?/m1/s1. The summed E-state index contributed by atoms with van der Waals surface area (Å²) in [7, 11) is 0. The van der Waals surface area contributed by atoms with Gasteiger partial charge in [-0.1, -0.05) is 0 Å². The van der Waals surface area contributed by atoms with Gasteiger partial charge in [0.15, 0.2) is 5.79 Å². The molecule has 2 rings (SSSR count). The topological polar surface area (TPSA) is 47.9 Å². The molecule has 0 spiro atoms. The molecule has 2 aliphatic heterocycles. The maximum atomic E-state index is 8.92. The molecule has 0 aliphatic carbocycles. The van der Waals surface area contributed by atoms with E-state index in [2.05, 4.69) is 0 Å². The molecule has 1 N–H and O–H groups in total. The van der Waals surface area contributed by atoms with Gasteiger partial charge in [-0.2, -0.15) is 0 Å². The van der Waals surface area contributed by atoms with Gasteiger partial charge in [-0.05, 0) is 13.8 Å². The Labute approximate surface area is 71.4 Å². The molecule has 0 amide bonds. The van der Waals surface area contributed by atoms with Crippen molar-refractivity contribution in [3.05, 3.63) is 0 Å². The highest BCUT2D eigenvalue weighted by atomic mass is 16.8. The highest BCUT2D eigenvalue weighted by Gasteiger charge is 2.49. The van der Waals surface area contributed by atoms with Crippen molar-refractivity contribution in [3.8, 4) is 0 Å². The van der Waals surface area contributed by atoms with Crippen LogP contribution in [0.2, 0.25) is 0 Å². The molecule has 2 saturated heterocycles. The molecule has 2 aliphatic rings. The lowest BCUT2D eigenvalue weighted by molar-refractivity contribution is -0.177. The third-order valence-electron chi connectivity index (χ3n) is 2.24. The number of hydrogen-bond acceptors (Lipinski definition) is 4. The Morgan fingerprint density at radius 2 is 2.17 bits per heavy atom. The number of fused-ring (bicyclic) bond motifs is 1. The monoisotopic (exact) mass is 174 g/mol. The van der Waals surface area contributed by atoms with Crippen LogP contribution in [0, 0.1) is 0 Å². The molecule has 0 bridgehead atoms. The van der Waals surface area contributed by atoms with Gasteiger partial charge < -0.3 is 19.3 Å². The molecule has 4 heteroatoms. The van der Waals surface area contributed by atoms with Crippen LogP contribution in [0.15, 0.2) is 0 Å². The minimum atomic E-state index is -0.521. The Kier molecular flexibility index (Phi) is 1.88. The van der Waals surface area contributed by atoms with E-state index < -0.39 is 5.79 Å². The summed E-state index contributed by atoms with van der Waals surface area (Å²) in [4.78, 5) is 0. The Balaban J connectivity index is 2.06. The van der Waals surface area contributed by atoms with E-state index in [1.54, 1.807) is 0 Å². The van der Waals surface area contributed by atoms with Gasteiger partial charge in [0.2, 0.25) is 0 Å². The van der Waals surface area contributed by atoms with Gasteiger partial charge in [-0.15, -0.1) is 0 Å². The Morgan fingerprint density at radius 1 is 1.42 bits per heavy atom. The van der Waals surface area contributed by atoms with E-state index in [4.69, 9.17) is 19.3 Å². The first kappa shape index (κ1) is 8.44. The molecular weight excluding hydrogens is 160 g/mol. The van der Waals surface area contributed by atoms with Crippen molar-refractivity contribution >= 4 is 0 Å². The molecule has 0 aromatic heterocycles. The van der Waals surface area contributed by atoms with Crippen molar-refractivity contribution in [2.45, 2.75) is 37.9 Å². The third kappa shape index (κ3) is 1.25. The molecule has 3 atom stereocenters. The molecule has 2 heterocycles. The number of hydrogen-bond donors (Lipinski definition) is 1. The molecule has 0 aromatic carbocycles. The van der Waals surface area contributed by atoms with Gasteiger partial charge in [0.1, 0.15) is 18.3 Å². The van der Waals surface area contributed by atoms with Crippen molar-refractivity contribution in [2.24, 2.45) is 0 Å². The molecule has 0 radical (unpaired) electrons. The van der Waals surface area contributed by atoms with E-state index >= 15 is 0 Å². The van der Waals surface area contributed by atoms with Crippen LogP contribution in [0.1, 0.15) is 13.8 Å². The van der Waals surface area contributed by atoms with Crippen LogP contribution in [0.25, 0.3) is 0 Å². The third-order valence-corrected chi connectivity index (χ3v) is 2.24. The molecule has 0 saturated carbocycles. The summed E-state index contributed by atoms with van der Waals surface area (Å²) in [6.45, 7) is 4.28. The maximum Gasteiger partial charge on any atom is 0.164 e. The van der Waals surface area contributed by atoms with Gasteiger partial charge in [0.05, 0.1) is 13.2 Å². The average Bonchev–Trinajstić information content (AvgIpc) is 2.42. The molecule has 12 heavy (non-hydrogen) atoms. The molecular formula is C8H14O4. The molecule has 2 fully saturated rings. The lowest BCUT2D eigenvalue weighted by atomic mass is 10.2. The fourth-order valence-electron chi connectivity index (χ4n) is 1.78. The first-order valence-electron chi connectivity index (χ1n) is 4.20. The molecule has 0 aromatic rings. The van der Waals surface area contributed by atoms with Gasteiger partial charge in [-0.25, -0.2) is 0 Å². The predicted octanol–water partition coefficient (Wildman–Crippen LogP) is -0.102. The Bertz CT molecular complexity index is 180. The SMILES string of the molecule is CC1(C)OC2C(CO)OC[C@H]2O1. The second-order valence-electron chi connectivity index (χ2n) is 3.69. The Hall–Kier alpha value is -0.160. The highest BCUT2D eigenvalue weighted by Crippen LogP contribution is 2.34. The lowest BCUT2D eigenvalue weighted by Crippen LogP contribution is -2.31. The lowest BCUT2D eigenvalue weighted by Gasteiger charge is -2.20. The number of aliphatic hydroxyl groups is 1. The second-order valence-corrected chi connectivity index (χ2v) is 3.69. The first-order valence-corrected chi connectivity index (χ1v) is 4.20. The van der Waals surface area contributed by atoms with Gasteiger partial charge in [0.25, 0.3) is 0 Å². The summed E-state index contributed by atoms with van der Waals surface area (Å²) >= 11 is 0. The fourth-order valence-corrected chi connectivity index (χ4v) is 1.78. The van der Waals surface area contributed by atoms with Crippen LogP contribution < -0.4 is 0 Å². The van der Waals surface area contributed by atoms with Crippen molar-refractivity contribution < 1.29 is 19.3 Å². The summed E-state index contributed by atoms with van der Waals surface area (Å²) in [6, 6.07) is 0. The molecule has 2 unspecified atom stereocenters. The van der Waals surface area contributed by atoms with Crippen molar-refractivity contribution in [1.82, 2.24) is 0 Å². The van der Waals surface area contributed by atoms with Crippen LogP contribution >= 0.6 is 0 Å². The normalized spacial score (nSPS) is 44.8. The van der Waals surface area contributed by atoms with Crippen LogP contribution in [-0.2, 0) is 14.2 Å². The zero-order valence-corrected chi connectivity index (χ0v) is 7.32. The quantitative estimate of drug-likeness (QED) is 0.603. The van der Waals surface area contributed by atoms with Crippen molar-refractivity contribution in [3.63, 3.8) is 0 Å². The number of rotatable bonds is 1. The zero-order chi connectivity index (χ0) is 8.77. The minimum absolute atomic E-state index is 0.000602. The van der Waals surface area contributed by atoms with E-state index in [-0.39, 0.29) is 24.9 Å². The minimum Gasteiger partial charge on any atom is -0.394 e. The van der Waals surface area contributed by atoms with Gasteiger partial charge in [-0.3, -0.25) is 0 Å². The number of ether oxygens (including phenoxy) is 3. The smallest absolute Gasteiger partial charge is 0.164 e. The fraction of sp³-hybridized carbons (Fsp3) is 1.00. The van der Waals surface area contributed by atoms with E-state index in [0.717, 1.165) is 0 Å². The summed E-state index contributed by atoms with van der Waals surface area (Å²) in [5, 5.41) is 8.92. The number of aliphatic hydroxyl groups excluding tert-OH is 1. The predicted molar refractivity (Wildman–Crippen MR) is 40.7 cm³/mol. The second kappa shape index (κ2) is 2.67. The summed E-state index contributed by atoms with van der Waals surface area (Å²) in [5.74, 6) is -0.521. The van der Waals surface area contributed by atoms with Crippen LogP contribution in [0.3, 0.4) is 0 Å². The van der Waals surface area contributed by atoms with E-state index in [0.29, 0.717) is 6.61 Å². The van der Waals surface area contributed by atoms with Crippen LogP contribution in [0.4, 0.5) is 0 Å². The van der Waals surface area contributed by atoms with E-state index in [9.17, 15) is 0 Å². The summed E-state index contributed by atoms with van der Waals surface area (Å²) in [6.07, 6.45) is -0.307. The van der Waals surface area contributed by atoms with Crippen molar-refractivity contribution in [2.75, 3.05) is 13.2 Å². The average molecular weight is 174 g/mol. The van der Waals surface area contributed by atoms with Gasteiger partial charge in [0, 0.05) is 0 Å². The van der Waals surface area contributed by atoms with E-state index in [1.165, 1.54) is 0 Å². The summed E-state index contributed by atoms with van der Waals surface area (Å²) in [5.41, 5.74) is 0. The molecule has 70 valence electrons. The largest absolute Gasteiger partial charge is 0.394 e. The zero-order valence-electron chi connectivity index (χ0n) is 7.32. The van der Waals surface area contributed by atoms with Crippen LogP contribution in [-0.4, -0.2) is 42.4 Å². The van der Waals surface area contributed by atoms with E-state index in [1.807, 2.05) is 13.8 Å².